The zero-order valence-corrected chi connectivity index (χ0v) is 13.2. The summed E-state index contributed by atoms with van der Waals surface area (Å²) in [4.78, 5) is 8.91. The quantitative estimate of drug-likeness (QED) is 0.481. The fourth-order valence-corrected chi connectivity index (χ4v) is 2.53. The van der Waals surface area contributed by atoms with Crippen LogP contribution < -0.4 is 4.74 Å². The largest absolute Gasteiger partial charge is 0.491 e. The summed E-state index contributed by atoms with van der Waals surface area (Å²) in [5.74, 6) is 1.36. The molecule has 1 aromatic carbocycles. The Morgan fingerprint density at radius 2 is 1.81 bits per heavy atom. The molecule has 2 aromatic rings. The summed E-state index contributed by atoms with van der Waals surface area (Å²) in [6.07, 6.45) is 0. The standard InChI is InChI=1S/C16H17N3OS/c1-11-12(2)18-16(19-13(11)3)21-9-8-20-15-7-5-4-6-14(15)10-17/h4-7H,8-9H2,1-3H3. The van der Waals surface area contributed by atoms with E-state index >= 15 is 0 Å². The molecular weight excluding hydrogens is 282 g/mol. The van der Waals surface area contributed by atoms with E-state index in [1.54, 1.807) is 23.9 Å². The molecule has 1 heterocycles. The summed E-state index contributed by atoms with van der Waals surface area (Å²) in [6.45, 7) is 6.53. The van der Waals surface area contributed by atoms with Gasteiger partial charge in [0.05, 0.1) is 12.2 Å². The molecule has 1 aromatic heterocycles. The van der Waals surface area contributed by atoms with Crippen LogP contribution in [0.25, 0.3) is 0 Å². The Balaban J connectivity index is 1.89. The molecule has 108 valence electrons. The van der Waals surface area contributed by atoms with Crippen molar-refractivity contribution in [2.24, 2.45) is 0 Å². The van der Waals surface area contributed by atoms with E-state index in [4.69, 9.17) is 10.00 Å². The molecule has 0 N–H and O–H groups in total. The Morgan fingerprint density at radius 3 is 2.48 bits per heavy atom. The third kappa shape index (κ3) is 3.96. The maximum atomic E-state index is 8.98. The minimum absolute atomic E-state index is 0.513. The van der Waals surface area contributed by atoms with Crippen LogP contribution in [-0.4, -0.2) is 22.3 Å². The van der Waals surface area contributed by atoms with Crippen LogP contribution in [0, 0.1) is 32.1 Å². The van der Waals surface area contributed by atoms with Gasteiger partial charge in [-0.1, -0.05) is 23.9 Å². The normalized spacial score (nSPS) is 10.2. The highest BCUT2D eigenvalue weighted by molar-refractivity contribution is 7.99. The molecule has 0 unspecified atom stereocenters. The second kappa shape index (κ2) is 7.09. The fourth-order valence-electron chi connectivity index (χ4n) is 1.78. The van der Waals surface area contributed by atoms with Gasteiger partial charge in [-0.15, -0.1) is 0 Å². The molecule has 0 atom stereocenters. The van der Waals surface area contributed by atoms with Crippen LogP contribution in [0.4, 0.5) is 0 Å². The van der Waals surface area contributed by atoms with E-state index in [0.717, 1.165) is 27.9 Å². The minimum Gasteiger partial charge on any atom is -0.491 e. The van der Waals surface area contributed by atoms with Crippen LogP contribution in [0.1, 0.15) is 22.5 Å². The number of nitrogens with zero attached hydrogens (tertiary/aromatic N) is 3. The van der Waals surface area contributed by atoms with E-state index in [-0.39, 0.29) is 0 Å². The van der Waals surface area contributed by atoms with Crippen molar-refractivity contribution in [2.45, 2.75) is 25.9 Å². The van der Waals surface area contributed by atoms with Crippen molar-refractivity contribution < 1.29 is 4.74 Å². The van der Waals surface area contributed by atoms with Crippen molar-refractivity contribution in [3.05, 3.63) is 46.8 Å². The van der Waals surface area contributed by atoms with Crippen molar-refractivity contribution >= 4 is 11.8 Å². The lowest BCUT2D eigenvalue weighted by atomic mass is 10.2. The maximum Gasteiger partial charge on any atom is 0.188 e. The van der Waals surface area contributed by atoms with Gasteiger partial charge < -0.3 is 4.74 Å². The predicted octanol–water partition coefficient (Wildman–Crippen LogP) is 3.44. The summed E-state index contributed by atoms with van der Waals surface area (Å²) in [5.41, 5.74) is 3.72. The lowest BCUT2D eigenvalue weighted by molar-refractivity contribution is 0.343. The average Bonchev–Trinajstić information content (AvgIpc) is 2.49. The van der Waals surface area contributed by atoms with Gasteiger partial charge in [0.2, 0.25) is 0 Å². The lowest BCUT2D eigenvalue weighted by Gasteiger charge is -2.08. The highest BCUT2D eigenvalue weighted by Crippen LogP contribution is 2.19. The molecule has 0 bridgehead atoms. The second-order valence-electron chi connectivity index (χ2n) is 4.61. The van der Waals surface area contributed by atoms with E-state index in [2.05, 4.69) is 16.0 Å². The molecule has 0 spiro atoms. The summed E-state index contributed by atoms with van der Waals surface area (Å²) >= 11 is 1.56. The third-order valence-electron chi connectivity index (χ3n) is 3.19. The smallest absolute Gasteiger partial charge is 0.188 e. The number of thioether (sulfide) groups is 1. The van der Waals surface area contributed by atoms with E-state index in [1.807, 2.05) is 32.9 Å². The lowest BCUT2D eigenvalue weighted by Crippen LogP contribution is -2.03. The number of aromatic nitrogens is 2. The molecule has 21 heavy (non-hydrogen) atoms. The van der Waals surface area contributed by atoms with Crippen LogP contribution >= 0.6 is 11.8 Å². The van der Waals surface area contributed by atoms with E-state index in [9.17, 15) is 0 Å². The molecule has 0 fully saturated rings. The predicted molar refractivity (Wildman–Crippen MR) is 83.6 cm³/mol. The molecule has 0 aliphatic heterocycles. The van der Waals surface area contributed by atoms with Gasteiger partial charge in [0, 0.05) is 17.1 Å². The molecule has 4 nitrogen and oxygen atoms in total. The Kier molecular flexibility index (Phi) is 5.18. The number of nitriles is 1. The first-order valence-electron chi connectivity index (χ1n) is 6.68. The van der Waals surface area contributed by atoms with E-state index < -0.39 is 0 Å². The molecule has 0 radical (unpaired) electrons. The van der Waals surface area contributed by atoms with Gasteiger partial charge in [-0.25, -0.2) is 9.97 Å². The summed E-state index contributed by atoms with van der Waals surface area (Å²) in [6, 6.07) is 9.36. The first kappa shape index (κ1) is 15.3. The Bertz CT molecular complexity index is 656. The highest BCUT2D eigenvalue weighted by Gasteiger charge is 2.06. The van der Waals surface area contributed by atoms with Gasteiger partial charge >= 0.3 is 0 Å². The van der Waals surface area contributed by atoms with Crippen LogP contribution in [0.3, 0.4) is 0 Å². The van der Waals surface area contributed by atoms with Crippen LogP contribution in [0.2, 0.25) is 0 Å². The fraction of sp³-hybridized carbons (Fsp3) is 0.312. The SMILES string of the molecule is Cc1nc(SCCOc2ccccc2C#N)nc(C)c1C. The van der Waals surface area contributed by atoms with Crippen molar-refractivity contribution in [2.75, 3.05) is 12.4 Å². The average molecular weight is 299 g/mol. The number of rotatable bonds is 5. The Morgan fingerprint density at radius 1 is 1.14 bits per heavy atom. The molecule has 0 aliphatic rings. The van der Waals surface area contributed by atoms with E-state index in [1.165, 1.54) is 0 Å². The summed E-state index contributed by atoms with van der Waals surface area (Å²) in [7, 11) is 0. The second-order valence-corrected chi connectivity index (χ2v) is 5.67. The maximum absolute atomic E-state index is 8.98. The number of para-hydroxylation sites is 1. The Hall–Kier alpha value is -2.06. The highest BCUT2D eigenvalue weighted by atomic mass is 32.2. The number of hydrogen-bond acceptors (Lipinski definition) is 5. The monoisotopic (exact) mass is 299 g/mol. The van der Waals surface area contributed by atoms with Crippen molar-refractivity contribution in [1.29, 1.82) is 5.26 Å². The van der Waals surface area contributed by atoms with E-state index in [0.29, 0.717) is 17.9 Å². The van der Waals surface area contributed by atoms with Crippen molar-refractivity contribution in [3.8, 4) is 11.8 Å². The summed E-state index contributed by atoms with van der Waals surface area (Å²) in [5, 5.41) is 9.76. The van der Waals surface area contributed by atoms with Gasteiger partial charge in [-0.3, -0.25) is 0 Å². The Labute approximate surface area is 129 Å². The van der Waals surface area contributed by atoms with Crippen molar-refractivity contribution in [3.63, 3.8) is 0 Å². The first-order valence-corrected chi connectivity index (χ1v) is 7.67. The molecule has 0 amide bonds. The third-order valence-corrected chi connectivity index (χ3v) is 4.00. The molecule has 0 aliphatic carbocycles. The van der Waals surface area contributed by atoms with Gasteiger partial charge in [-0.05, 0) is 38.5 Å². The van der Waals surface area contributed by atoms with Gasteiger partial charge in [-0.2, -0.15) is 5.26 Å². The molecule has 5 heteroatoms. The molecule has 2 rings (SSSR count). The van der Waals surface area contributed by atoms with Crippen LogP contribution in [0.15, 0.2) is 29.4 Å². The molecular formula is C16H17N3OS. The topological polar surface area (TPSA) is 58.8 Å². The molecule has 0 saturated heterocycles. The summed E-state index contributed by atoms with van der Waals surface area (Å²) < 4.78 is 5.64. The van der Waals surface area contributed by atoms with Crippen molar-refractivity contribution in [1.82, 2.24) is 9.97 Å². The first-order chi connectivity index (χ1) is 10.1. The number of aryl methyl sites for hydroxylation is 2. The molecule has 0 saturated carbocycles. The van der Waals surface area contributed by atoms with Crippen LogP contribution in [0.5, 0.6) is 5.75 Å². The number of benzene rings is 1. The number of hydrogen-bond donors (Lipinski definition) is 0. The zero-order chi connectivity index (χ0) is 15.2. The van der Waals surface area contributed by atoms with Gasteiger partial charge in [0.25, 0.3) is 0 Å². The number of ether oxygens (including phenoxy) is 1. The van der Waals surface area contributed by atoms with Gasteiger partial charge in [0.15, 0.2) is 5.16 Å². The van der Waals surface area contributed by atoms with Crippen LogP contribution in [-0.2, 0) is 0 Å². The van der Waals surface area contributed by atoms with Gasteiger partial charge in [0.1, 0.15) is 11.8 Å². The zero-order valence-electron chi connectivity index (χ0n) is 12.4. The minimum atomic E-state index is 0.513.